The van der Waals surface area contributed by atoms with Crippen molar-refractivity contribution < 1.29 is 29.3 Å². The molecule has 0 aliphatic heterocycles. The highest BCUT2D eigenvalue weighted by molar-refractivity contribution is 6.04. The van der Waals surface area contributed by atoms with Crippen molar-refractivity contribution >= 4 is 17.9 Å². The maximum atomic E-state index is 12.3. The number of unbranched alkanes of at least 4 members (excludes halogenated alkanes) is 9. The monoisotopic (exact) mass is 476 g/mol. The average molecular weight is 477 g/mol. The summed E-state index contributed by atoms with van der Waals surface area (Å²) in [7, 11) is 0. The fourth-order valence-corrected chi connectivity index (χ4v) is 4.32. The van der Waals surface area contributed by atoms with Crippen LogP contribution in [0.2, 0.25) is 0 Å². The normalized spacial score (nSPS) is 11.0. The zero-order valence-electron chi connectivity index (χ0n) is 21.2. The molecule has 1 aromatic rings. The van der Waals surface area contributed by atoms with Gasteiger partial charge in [-0.05, 0) is 30.5 Å². The Labute approximate surface area is 205 Å². The molecular formula is C28H44O6. The lowest BCUT2D eigenvalue weighted by Crippen LogP contribution is -2.14. The Bertz CT molecular complexity index is 730. The maximum absolute atomic E-state index is 12.3. The Morgan fingerprint density at radius 2 is 1.24 bits per heavy atom. The van der Waals surface area contributed by atoms with Gasteiger partial charge in [-0.25, -0.2) is 14.4 Å². The predicted molar refractivity (Wildman–Crippen MR) is 135 cm³/mol. The standard InChI is InChI=1S/C28H44O6/c1-3-5-7-11-15-22(16-12-8-6-4-2)17-13-9-10-14-20-34-28(33)24-19-18-23(26(29)30)21-25(24)27(31)32/h18-19,21-22H,3-17,20H2,1-2H3,(H,29,30)(H,31,32). The Morgan fingerprint density at radius 3 is 1.74 bits per heavy atom. The number of esters is 1. The van der Waals surface area contributed by atoms with Gasteiger partial charge in [0, 0.05) is 0 Å². The first kappa shape index (κ1) is 29.7. The number of hydrogen-bond acceptors (Lipinski definition) is 4. The summed E-state index contributed by atoms with van der Waals surface area (Å²) >= 11 is 0. The second kappa shape index (κ2) is 18.0. The first-order valence-electron chi connectivity index (χ1n) is 13.2. The van der Waals surface area contributed by atoms with Crippen molar-refractivity contribution in [3.05, 3.63) is 34.9 Å². The zero-order valence-corrected chi connectivity index (χ0v) is 21.2. The first-order valence-corrected chi connectivity index (χ1v) is 13.2. The molecule has 0 spiro atoms. The van der Waals surface area contributed by atoms with Gasteiger partial charge in [-0.15, -0.1) is 0 Å². The van der Waals surface area contributed by atoms with Crippen molar-refractivity contribution in [1.29, 1.82) is 0 Å². The number of carbonyl (C=O) groups is 3. The van der Waals surface area contributed by atoms with Gasteiger partial charge in [0.25, 0.3) is 0 Å². The van der Waals surface area contributed by atoms with Gasteiger partial charge in [-0.3, -0.25) is 0 Å². The Balaban J connectivity index is 2.34. The molecule has 0 bridgehead atoms. The fraction of sp³-hybridized carbons (Fsp3) is 0.679. The molecule has 0 amide bonds. The molecule has 2 N–H and O–H groups in total. The van der Waals surface area contributed by atoms with Crippen LogP contribution >= 0.6 is 0 Å². The molecule has 6 nitrogen and oxygen atoms in total. The molecule has 0 aliphatic carbocycles. The summed E-state index contributed by atoms with van der Waals surface area (Å²) in [4.78, 5) is 34.7. The van der Waals surface area contributed by atoms with Crippen molar-refractivity contribution in [1.82, 2.24) is 0 Å². The second-order valence-electron chi connectivity index (χ2n) is 9.27. The van der Waals surface area contributed by atoms with E-state index in [1.54, 1.807) is 0 Å². The van der Waals surface area contributed by atoms with E-state index in [4.69, 9.17) is 9.84 Å². The number of hydrogen-bond donors (Lipinski definition) is 2. The maximum Gasteiger partial charge on any atom is 0.339 e. The van der Waals surface area contributed by atoms with Gasteiger partial charge in [0.1, 0.15) is 0 Å². The number of benzene rings is 1. The van der Waals surface area contributed by atoms with Crippen molar-refractivity contribution in [3.63, 3.8) is 0 Å². The molecule has 0 unspecified atom stereocenters. The summed E-state index contributed by atoms with van der Waals surface area (Å²) in [5.74, 6) is -2.50. The Kier molecular flexibility index (Phi) is 15.7. The van der Waals surface area contributed by atoms with Gasteiger partial charge < -0.3 is 14.9 Å². The molecule has 34 heavy (non-hydrogen) atoms. The molecule has 0 saturated carbocycles. The minimum absolute atomic E-state index is 0.119. The number of carboxylic acids is 2. The molecular weight excluding hydrogens is 432 g/mol. The molecule has 0 radical (unpaired) electrons. The Morgan fingerprint density at radius 1 is 0.706 bits per heavy atom. The summed E-state index contributed by atoms with van der Waals surface area (Å²) in [6, 6.07) is 3.41. The summed E-state index contributed by atoms with van der Waals surface area (Å²) in [5, 5.41) is 18.3. The summed E-state index contributed by atoms with van der Waals surface area (Å²) in [6.07, 6.45) is 18.5. The van der Waals surface area contributed by atoms with E-state index in [1.165, 1.54) is 89.2 Å². The van der Waals surface area contributed by atoms with Crippen LogP contribution in [0.15, 0.2) is 18.2 Å². The summed E-state index contributed by atoms with van der Waals surface area (Å²) in [6.45, 7) is 4.73. The van der Waals surface area contributed by atoms with E-state index in [2.05, 4.69) is 13.8 Å². The third-order valence-electron chi connectivity index (χ3n) is 6.39. The van der Waals surface area contributed by atoms with Crippen LogP contribution in [0.1, 0.15) is 141 Å². The van der Waals surface area contributed by atoms with Crippen LogP contribution < -0.4 is 0 Å². The average Bonchev–Trinajstić information content (AvgIpc) is 2.82. The van der Waals surface area contributed by atoms with Crippen molar-refractivity contribution in [2.24, 2.45) is 5.92 Å². The van der Waals surface area contributed by atoms with Gasteiger partial charge in [0.15, 0.2) is 0 Å². The third kappa shape index (κ3) is 12.2. The van der Waals surface area contributed by atoms with E-state index in [0.717, 1.165) is 31.2 Å². The van der Waals surface area contributed by atoms with E-state index in [9.17, 15) is 19.5 Å². The van der Waals surface area contributed by atoms with Crippen LogP contribution in [0.5, 0.6) is 0 Å². The highest BCUT2D eigenvalue weighted by Gasteiger charge is 2.20. The van der Waals surface area contributed by atoms with Crippen LogP contribution in [0.3, 0.4) is 0 Å². The highest BCUT2D eigenvalue weighted by Crippen LogP contribution is 2.24. The van der Waals surface area contributed by atoms with Gasteiger partial charge in [-0.2, -0.15) is 0 Å². The summed E-state index contributed by atoms with van der Waals surface area (Å²) in [5.41, 5.74) is -0.650. The zero-order chi connectivity index (χ0) is 25.2. The van der Waals surface area contributed by atoms with Gasteiger partial charge in [-0.1, -0.05) is 104 Å². The minimum Gasteiger partial charge on any atom is -0.478 e. The predicted octanol–water partition coefficient (Wildman–Crippen LogP) is 7.75. The lowest BCUT2D eigenvalue weighted by Gasteiger charge is -2.17. The molecule has 0 atom stereocenters. The molecule has 0 saturated heterocycles. The molecule has 192 valence electrons. The van der Waals surface area contributed by atoms with Crippen LogP contribution in [0.4, 0.5) is 0 Å². The number of rotatable bonds is 20. The fourth-order valence-electron chi connectivity index (χ4n) is 4.32. The quantitative estimate of drug-likeness (QED) is 0.147. The first-order chi connectivity index (χ1) is 16.4. The van der Waals surface area contributed by atoms with E-state index >= 15 is 0 Å². The highest BCUT2D eigenvalue weighted by atomic mass is 16.5. The van der Waals surface area contributed by atoms with Crippen LogP contribution in [0.25, 0.3) is 0 Å². The van der Waals surface area contributed by atoms with Crippen LogP contribution in [0, 0.1) is 5.92 Å². The SMILES string of the molecule is CCCCCCC(CCCCCC)CCCCCCOC(=O)c1ccc(C(=O)O)cc1C(=O)O. The van der Waals surface area contributed by atoms with Crippen molar-refractivity contribution in [3.8, 4) is 0 Å². The second-order valence-corrected chi connectivity index (χ2v) is 9.27. The molecule has 0 aliphatic rings. The molecule has 0 heterocycles. The van der Waals surface area contributed by atoms with Gasteiger partial charge >= 0.3 is 17.9 Å². The van der Waals surface area contributed by atoms with Crippen molar-refractivity contribution in [2.75, 3.05) is 6.61 Å². The van der Waals surface area contributed by atoms with E-state index < -0.39 is 17.9 Å². The number of aromatic carboxylic acids is 2. The number of carbonyl (C=O) groups excluding carboxylic acids is 1. The van der Waals surface area contributed by atoms with Crippen molar-refractivity contribution in [2.45, 2.75) is 110 Å². The topological polar surface area (TPSA) is 101 Å². The number of carboxylic acid groups (broad SMARTS) is 2. The lowest BCUT2D eigenvalue weighted by molar-refractivity contribution is 0.0486. The van der Waals surface area contributed by atoms with E-state index in [-0.39, 0.29) is 23.3 Å². The molecule has 1 aromatic carbocycles. The van der Waals surface area contributed by atoms with E-state index in [1.807, 2.05) is 0 Å². The third-order valence-corrected chi connectivity index (χ3v) is 6.39. The molecule has 0 aromatic heterocycles. The molecule has 1 rings (SSSR count). The Hall–Kier alpha value is -2.37. The molecule has 0 fully saturated rings. The van der Waals surface area contributed by atoms with Gasteiger partial charge in [0.05, 0.1) is 23.3 Å². The largest absolute Gasteiger partial charge is 0.478 e. The van der Waals surface area contributed by atoms with Crippen LogP contribution in [-0.4, -0.2) is 34.7 Å². The summed E-state index contributed by atoms with van der Waals surface area (Å²) < 4.78 is 5.25. The lowest BCUT2D eigenvalue weighted by atomic mass is 9.90. The van der Waals surface area contributed by atoms with Gasteiger partial charge in [0.2, 0.25) is 0 Å². The molecule has 6 heteroatoms. The smallest absolute Gasteiger partial charge is 0.339 e. The van der Waals surface area contributed by atoms with Crippen LogP contribution in [-0.2, 0) is 4.74 Å². The number of ether oxygens (including phenoxy) is 1. The minimum atomic E-state index is -1.35. The van der Waals surface area contributed by atoms with E-state index in [0.29, 0.717) is 0 Å².